The van der Waals surface area contributed by atoms with Crippen LogP contribution in [-0.2, 0) is 21.4 Å². The number of rotatable bonds is 6. The van der Waals surface area contributed by atoms with Crippen LogP contribution in [0.5, 0.6) is 0 Å². The highest BCUT2D eigenvalue weighted by atomic mass is 127. The number of carbonyl (C=O) groups excluding carboxylic acids is 1. The summed E-state index contributed by atoms with van der Waals surface area (Å²) >= 11 is 26.5. The number of carbonyl (C=O) groups is 1. The van der Waals surface area contributed by atoms with Gasteiger partial charge in [-0.1, -0.05) is 52.5 Å². The standard InChI is InChI=1S/C23H15Cl4FN2O3S2.HIS.H2/c1-12-10-30(11-14-2-4-15(24)7-18(14)25)22-13(6-16(28)8-17(12)22)3-5-20(31)29-35(32,33)21-9-19(26)23(27)34-21;1-2;/h2-10H,11H2,1H3,(H,29,31);2H;1H/b5-3+;;/i;;1+2D. The molecular weight excluding hydrogens is 736 g/mol. The van der Waals surface area contributed by atoms with Crippen LogP contribution < -0.4 is 4.72 Å². The van der Waals surface area contributed by atoms with Gasteiger partial charge in [0.15, 0.2) is 0 Å². The Kier molecular flexibility index (Phi) is 10.1. The number of aromatic nitrogens is 1. The zero-order valence-electron chi connectivity index (χ0n) is 20.6. The largest absolute Gasteiger partial charge is 0.342 e. The zero-order valence-corrected chi connectivity index (χ0v) is 26.3. The zero-order chi connectivity index (χ0) is 29.5. The molecule has 0 atom stereocenters. The van der Waals surface area contributed by atoms with Crippen LogP contribution in [-0.4, -0.2) is 18.9 Å². The Hall–Kier alpha value is -0.990. The Bertz CT molecular complexity index is 1610. The lowest BCUT2D eigenvalue weighted by molar-refractivity contribution is -0.114. The number of amides is 1. The maximum absolute atomic E-state index is 14.4. The molecular formula is C23H18Cl4FIN2O3S3. The Morgan fingerprint density at radius 2 is 1.92 bits per heavy atom. The SMILES string of the molecule is Cc1cn(Cc2ccc(Cl)cc2Cl)c2c(/C=C/C(=O)NS(=O)(=O)c3cc(Cl)c(Cl)s3)cc(F)cc12.SI.[2H][3H]. The fraction of sp³-hybridized carbons (Fsp3) is 0.0870. The summed E-state index contributed by atoms with van der Waals surface area (Å²) in [7, 11) is -0.677. The molecule has 0 saturated heterocycles. The van der Waals surface area contributed by atoms with Crippen molar-refractivity contribution in [3.05, 3.63) is 90.6 Å². The Balaban J connectivity index is 0.00000127. The molecule has 0 bridgehead atoms. The van der Waals surface area contributed by atoms with Gasteiger partial charge >= 0.3 is 0 Å². The van der Waals surface area contributed by atoms with Crippen LogP contribution in [0.4, 0.5) is 4.39 Å². The first kappa shape index (κ1) is 29.0. The lowest BCUT2D eigenvalue weighted by Gasteiger charge is -2.10. The highest BCUT2D eigenvalue weighted by Crippen LogP contribution is 2.34. The van der Waals surface area contributed by atoms with Gasteiger partial charge in [-0.15, -0.1) is 21.1 Å². The molecule has 2 aromatic heterocycles. The molecule has 0 saturated carbocycles. The third-order valence-corrected chi connectivity index (χ3v) is 9.33. The molecule has 198 valence electrons. The fourth-order valence-electron chi connectivity index (χ4n) is 3.54. The summed E-state index contributed by atoms with van der Waals surface area (Å²) in [5.41, 5.74) is 2.65. The minimum absolute atomic E-state index is 0.0686. The second kappa shape index (κ2) is 12.9. The van der Waals surface area contributed by atoms with Gasteiger partial charge in [-0.2, -0.15) is 0 Å². The second-order valence-electron chi connectivity index (χ2n) is 7.56. The van der Waals surface area contributed by atoms with Crippen molar-refractivity contribution in [2.45, 2.75) is 17.7 Å². The molecule has 37 heavy (non-hydrogen) atoms. The van der Waals surface area contributed by atoms with Gasteiger partial charge < -0.3 is 4.57 Å². The number of halogens is 6. The van der Waals surface area contributed by atoms with Crippen LogP contribution >= 0.6 is 88.7 Å². The molecule has 0 unspecified atom stereocenters. The van der Waals surface area contributed by atoms with E-state index in [9.17, 15) is 17.6 Å². The number of aryl methyl sites for hydroxylation is 1. The smallest absolute Gasteiger partial charge is 0.273 e. The van der Waals surface area contributed by atoms with Crippen molar-refractivity contribution in [2.75, 3.05) is 0 Å². The first-order valence-corrected chi connectivity index (χ1v) is 17.1. The minimum Gasteiger partial charge on any atom is -0.342 e. The predicted octanol–water partition coefficient (Wildman–Crippen LogP) is 8.84. The van der Waals surface area contributed by atoms with E-state index in [1.165, 1.54) is 18.2 Å². The van der Waals surface area contributed by atoms with Crippen molar-refractivity contribution in [1.82, 2.24) is 9.29 Å². The van der Waals surface area contributed by atoms with E-state index in [0.29, 0.717) is 33.1 Å². The average Bonchev–Trinajstić information content (AvgIpc) is 3.40. The number of benzene rings is 2. The Labute approximate surface area is 257 Å². The quantitative estimate of drug-likeness (QED) is 0.117. The second-order valence-corrected chi connectivity index (χ2v) is 12.4. The topological polar surface area (TPSA) is 68.2 Å². The van der Waals surface area contributed by atoms with E-state index in [2.05, 4.69) is 9.80 Å². The first-order valence-electron chi connectivity index (χ1n) is 11.0. The minimum atomic E-state index is -4.18. The van der Waals surface area contributed by atoms with E-state index >= 15 is 0 Å². The van der Waals surface area contributed by atoms with Crippen molar-refractivity contribution >= 4 is 122 Å². The molecule has 0 radical (unpaired) electrons. The van der Waals surface area contributed by atoms with Crippen LogP contribution in [0.1, 0.15) is 19.7 Å². The molecule has 0 aliphatic rings. The van der Waals surface area contributed by atoms with E-state index < -0.39 is 21.7 Å². The van der Waals surface area contributed by atoms with Crippen LogP contribution in [0.3, 0.4) is 0 Å². The van der Waals surface area contributed by atoms with Gasteiger partial charge in [0.05, 0.1) is 10.5 Å². The summed E-state index contributed by atoms with van der Waals surface area (Å²) < 4.78 is 53.0. The van der Waals surface area contributed by atoms with Gasteiger partial charge in [-0.05, 0) is 75.7 Å². The molecule has 0 spiro atoms. The van der Waals surface area contributed by atoms with Gasteiger partial charge in [-0.25, -0.2) is 17.5 Å². The number of fused-ring (bicyclic) bond motifs is 1. The molecule has 2 aromatic carbocycles. The highest BCUT2D eigenvalue weighted by molar-refractivity contribution is 14.2. The van der Waals surface area contributed by atoms with Crippen LogP contribution in [0.2, 0.25) is 19.4 Å². The normalized spacial score (nSPS) is 11.8. The summed E-state index contributed by atoms with van der Waals surface area (Å²) in [6.07, 6.45) is 4.22. The van der Waals surface area contributed by atoms with Gasteiger partial charge in [0.2, 0.25) is 0 Å². The maximum Gasteiger partial charge on any atom is 0.273 e. The molecule has 4 rings (SSSR count). The number of hydrogen-bond acceptors (Lipinski definition) is 5. The van der Waals surface area contributed by atoms with Gasteiger partial charge in [0.25, 0.3) is 15.9 Å². The van der Waals surface area contributed by atoms with Gasteiger partial charge in [-0.3, -0.25) is 4.79 Å². The lowest BCUT2D eigenvalue weighted by Crippen LogP contribution is -2.28. The number of thiol groups is 1. The summed E-state index contributed by atoms with van der Waals surface area (Å²) in [6, 6.07) is 8.97. The van der Waals surface area contributed by atoms with Gasteiger partial charge in [0.1, 0.15) is 14.4 Å². The summed E-state index contributed by atoms with van der Waals surface area (Å²) in [6.45, 7) is 2.21. The molecule has 0 aliphatic carbocycles. The van der Waals surface area contributed by atoms with Crippen LogP contribution in [0.15, 0.2) is 52.9 Å². The number of nitrogens with zero attached hydrogens (tertiary/aromatic N) is 1. The molecule has 14 heteroatoms. The molecule has 1 N–H and O–H groups in total. The van der Waals surface area contributed by atoms with Crippen molar-refractivity contribution in [2.24, 2.45) is 0 Å². The van der Waals surface area contributed by atoms with Crippen molar-refractivity contribution in [3.8, 4) is 0 Å². The Morgan fingerprint density at radius 1 is 1.22 bits per heavy atom. The lowest BCUT2D eigenvalue weighted by atomic mass is 10.1. The summed E-state index contributed by atoms with van der Waals surface area (Å²) in [4.78, 5) is 12.4. The fourth-order valence-corrected chi connectivity index (χ4v) is 6.83. The predicted molar refractivity (Wildman–Crippen MR) is 166 cm³/mol. The third-order valence-electron chi connectivity index (χ3n) is 5.06. The average molecular weight is 757 g/mol. The number of hydrogen-bond donors (Lipinski definition) is 2. The molecule has 1 amide bonds. The van der Waals surface area contributed by atoms with Gasteiger partial charge in [0, 0.05) is 42.8 Å². The van der Waals surface area contributed by atoms with E-state index in [-0.39, 0.29) is 13.6 Å². The molecule has 2 heterocycles. The summed E-state index contributed by atoms with van der Waals surface area (Å²) in [5.74, 6) is -1.42. The van der Waals surface area contributed by atoms with Crippen LogP contribution in [0.25, 0.3) is 17.0 Å². The molecule has 4 aromatic rings. The first-order chi connectivity index (χ1) is 18.4. The number of sulfonamides is 1. The maximum atomic E-state index is 14.4. The third kappa shape index (κ3) is 7.36. The van der Waals surface area contributed by atoms with Crippen molar-refractivity contribution in [1.29, 1.82) is 0 Å². The van der Waals surface area contributed by atoms with Crippen LogP contribution in [0, 0.1) is 12.7 Å². The van der Waals surface area contributed by atoms with E-state index in [1.807, 2.05) is 43.6 Å². The molecule has 0 aliphatic heterocycles. The van der Waals surface area contributed by atoms with E-state index in [0.717, 1.165) is 34.6 Å². The Morgan fingerprint density at radius 3 is 2.54 bits per heavy atom. The molecule has 5 nitrogen and oxygen atoms in total. The van der Waals surface area contributed by atoms with Crippen molar-refractivity contribution < 1.29 is 20.6 Å². The monoisotopic (exact) mass is 755 g/mol. The van der Waals surface area contributed by atoms with E-state index in [1.54, 1.807) is 18.2 Å². The number of thiophene rings is 1. The summed E-state index contributed by atoms with van der Waals surface area (Å²) in [5, 5.41) is 1.70. The van der Waals surface area contributed by atoms with Crippen molar-refractivity contribution in [3.63, 3.8) is 0 Å². The highest BCUT2D eigenvalue weighted by Gasteiger charge is 2.21. The molecule has 0 fully saturated rings. The number of nitrogens with one attached hydrogen (secondary N) is 1. The van der Waals surface area contributed by atoms with E-state index in [4.69, 9.17) is 49.4 Å².